The molecule has 0 aliphatic rings. The zero-order chi connectivity index (χ0) is 19.3. The molecule has 0 unspecified atom stereocenters. The van der Waals surface area contributed by atoms with Crippen LogP contribution < -0.4 is 4.74 Å². The van der Waals surface area contributed by atoms with Crippen molar-refractivity contribution in [3.05, 3.63) is 95.6 Å². The number of nitrogens with zero attached hydrogens (tertiary/aromatic N) is 1. The predicted octanol–water partition coefficient (Wildman–Crippen LogP) is 4.77. The molecule has 27 heavy (non-hydrogen) atoms. The Balaban J connectivity index is 2.10. The molecule has 3 aromatic carbocycles. The first-order valence-corrected chi connectivity index (χ1v) is 10.2. The largest absolute Gasteiger partial charge is 0.437 e. The lowest BCUT2D eigenvalue weighted by atomic mass is 10.1. The molecule has 0 bridgehead atoms. The van der Waals surface area contributed by atoms with Crippen LogP contribution in [0.4, 0.5) is 0 Å². The second kappa shape index (κ2) is 8.18. The third-order valence-corrected chi connectivity index (χ3v) is 5.35. The highest BCUT2D eigenvalue weighted by Crippen LogP contribution is 2.23. The van der Waals surface area contributed by atoms with Gasteiger partial charge in [-0.1, -0.05) is 55.5 Å². The lowest BCUT2D eigenvalue weighted by molar-refractivity contribution is 0.543. The first-order chi connectivity index (χ1) is 13.0. The number of hydrogen-bond donors (Lipinski definition) is 0. The molecule has 3 rings (SSSR count). The van der Waals surface area contributed by atoms with Gasteiger partial charge in [-0.3, -0.25) is 0 Å². The SMILES string of the molecule is CCc1ccc(C)cc1O/C(=N/S(=O)(=O)c1ccccc1)c1ccccc1. The van der Waals surface area contributed by atoms with Crippen LogP contribution in [0.1, 0.15) is 23.6 Å². The van der Waals surface area contributed by atoms with Crippen LogP contribution in [0.3, 0.4) is 0 Å². The van der Waals surface area contributed by atoms with Crippen molar-refractivity contribution in [1.82, 2.24) is 0 Å². The second-order valence-electron chi connectivity index (χ2n) is 6.12. The minimum Gasteiger partial charge on any atom is -0.437 e. The van der Waals surface area contributed by atoms with Crippen molar-refractivity contribution in [2.45, 2.75) is 25.2 Å². The number of ether oxygens (including phenoxy) is 1. The van der Waals surface area contributed by atoms with E-state index in [0.29, 0.717) is 11.3 Å². The molecule has 0 aromatic heterocycles. The Morgan fingerprint density at radius 1 is 0.926 bits per heavy atom. The van der Waals surface area contributed by atoms with Gasteiger partial charge in [-0.05, 0) is 54.8 Å². The molecule has 0 amide bonds. The van der Waals surface area contributed by atoms with Gasteiger partial charge < -0.3 is 4.74 Å². The van der Waals surface area contributed by atoms with Gasteiger partial charge in [0, 0.05) is 5.56 Å². The van der Waals surface area contributed by atoms with E-state index >= 15 is 0 Å². The van der Waals surface area contributed by atoms with Crippen molar-refractivity contribution in [1.29, 1.82) is 0 Å². The molecule has 0 atom stereocenters. The van der Waals surface area contributed by atoms with Gasteiger partial charge in [-0.15, -0.1) is 4.40 Å². The Labute approximate surface area is 160 Å². The topological polar surface area (TPSA) is 55.7 Å². The molecule has 0 saturated carbocycles. The average Bonchev–Trinajstić information content (AvgIpc) is 2.69. The van der Waals surface area contributed by atoms with Crippen molar-refractivity contribution in [2.24, 2.45) is 4.40 Å². The van der Waals surface area contributed by atoms with Gasteiger partial charge in [-0.2, -0.15) is 8.42 Å². The number of benzene rings is 3. The summed E-state index contributed by atoms with van der Waals surface area (Å²) in [4.78, 5) is 0.127. The molecule has 138 valence electrons. The zero-order valence-corrected chi connectivity index (χ0v) is 16.1. The maximum absolute atomic E-state index is 12.8. The Hall–Kier alpha value is -2.92. The second-order valence-corrected chi connectivity index (χ2v) is 7.72. The summed E-state index contributed by atoms with van der Waals surface area (Å²) in [6.45, 7) is 3.99. The minimum atomic E-state index is -3.89. The summed E-state index contributed by atoms with van der Waals surface area (Å²) in [6, 6.07) is 23.1. The highest BCUT2D eigenvalue weighted by Gasteiger charge is 2.17. The van der Waals surface area contributed by atoms with E-state index in [-0.39, 0.29) is 10.8 Å². The van der Waals surface area contributed by atoms with Crippen molar-refractivity contribution in [2.75, 3.05) is 0 Å². The van der Waals surface area contributed by atoms with E-state index in [9.17, 15) is 8.42 Å². The standard InChI is InChI=1S/C22H21NO3S/c1-3-18-15-14-17(2)16-21(18)26-22(19-10-6-4-7-11-19)23-27(24,25)20-12-8-5-9-13-20/h4-16H,3H2,1-2H3/b23-22+. The fourth-order valence-corrected chi connectivity index (χ4v) is 3.59. The van der Waals surface area contributed by atoms with Gasteiger partial charge in [0.25, 0.3) is 10.0 Å². The molecule has 0 saturated heterocycles. The molecule has 0 heterocycles. The third kappa shape index (κ3) is 4.63. The monoisotopic (exact) mass is 379 g/mol. The summed E-state index contributed by atoms with van der Waals surface area (Å²) < 4.78 is 35.6. The molecule has 0 N–H and O–H groups in total. The molecule has 0 aliphatic heterocycles. The normalized spacial score (nSPS) is 12.0. The third-order valence-electron chi connectivity index (χ3n) is 4.08. The van der Waals surface area contributed by atoms with E-state index in [1.807, 2.05) is 50.2 Å². The predicted molar refractivity (Wildman–Crippen MR) is 108 cm³/mol. The number of hydrogen-bond acceptors (Lipinski definition) is 3. The smallest absolute Gasteiger partial charge is 0.285 e. The van der Waals surface area contributed by atoms with Crippen LogP contribution in [0.5, 0.6) is 5.75 Å². The van der Waals surface area contributed by atoms with Crippen molar-refractivity contribution in [3.63, 3.8) is 0 Å². The fraction of sp³-hybridized carbons (Fsp3) is 0.136. The van der Waals surface area contributed by atoms with Crippen molar-refractivity contribution < 1.29 is 13.2 Å². The Morgan fingerprint density at radius 2 is 1.56 bits per heavy atom. The summed E-state index contributed by atoms with van der Waals surface area (Å²) in [5.74, 6) is 0.670. The highest BCUT2D eigenvalue weighted by atomic mass is 32.2. The summed E-state index contributed by atoms with van der Waals surface area (Å²) in [5.41, 5.74) is 2.61. The first kappa shape index (κ1) is 18.9. The maximum atomic E-state index is 12.8. The number of rotatable bonds is 5. The molecule has 3 aromatic rings. The van der Waals surface area contributed by atoms with Gasteiger partial charge in [0.1, 0.15) is 5.75 Å². The lowest BCUT2D eigenvalue weighted by Crippen LogP contribution is -2.14. The van der Waals surface area contributed by atoms with E-state index < -0.39 is 10.0 Å². The summed E-state index contributed by atoms with van der Waals surface area (Å²) in [6.07, 6.45) is 0.767. The van der Waals surface area contributed by atoms with Gasteiger partial charge in [-0.25, -0.2) is 0 Å². The molecular formula is C22H21NO3S. The average molecular weight is 379 g/mol. The molecule has 5 heteroatoms. The van der Waals surface area contributed by atoms with E-state index in [0.717, 1.165) is 17.5 Å². The van der Waals surface area contributed by atoms with Crippen LogP contribution in [-0.4, -0.2) is 14.3 Å². The van der Waals surface area contributed by atoms with Crippen LogP contribution in [-0.2, 0) is 16.4 Å². The molecule has 0 spiro atoms. The van der Waals surface area contributed by atoms with Crippen LogP contribution in [0, 0.1) is 6.92 Å². The van der Waals surface area contributed by atoms with Gasteiger partial charge in [0.15, 0.2) is 0 Å². The van der Waals surface area contributed by atoms with Gasteiger partial charge in [0.05, 0.1) is 4.90 Å². The summed E-state index contributed by atoms with van der Waals surface area (Å²) in [5, 5.41) is 0. The molecular weight excluding hydrogens is 358 g/mol. The van der Waals surface area contributed by atoms with Crippen molar-refractivity contribution in [3.8, 4) is 5.75 Å². The first-order valence-electron chi connectivity index (χ1n) is 8.72. The van der Waals surface area contributed by atoms with Crippen LogP contribution in [0.2, 0.25) is 0 Å². The zero-order valence-electron chi connectivity index (χ0n) is 15.3. The summed E-state index contributed by atoms with van der Waals surface area (Å²) >= 11 is 0. The van der Waals surface area contributed by atoms with E-state index in [1.54, 1.807) is 30.3 Å². The van der Waals surface area contributed by atoms with Crippen LogP contribution in [0.25, 0.3) is 0 Å². The molecule has 0 fully saturated rings. The molecule has 0 aliphatic carbocycles. The Morgan fingerprint density at radius 3 is 2.19 bits per heavy atom. The van der Waals surface area contributed by atoms with Gasteiger partial charge >= 0.3 is 0 Å². The molecule has 0 radical (unpaired) electrons. The number of aryl methyl sites for hydroxylation is 2. The van der Waals surface area contributed by atoms with Crippen LogP contribution >= 0.6 is 0 Å². The Bertz CT molecular complexity index is 1040. The Kier molecular flexibility index (Phi) is 5.72. The maximum Gasteiger partial charge on any atom is 0.285 e. The fourth-order valence-electron chi connectivity index (χ4n) is 2.62. The number of sulfonamides is 1. The highest BCUT2D eigenvalue weighted by molar-refractivity contribution is 7.90. The summed E-state index contributed by atoms with van der Waals surface area (Å²) in [7, 11) is -3.89. The van der Waals surface area contributed by atoms with E-state index in [4.69, 9.17) is 4.74 Å². The van der Waals surface area contributed by atoms with Gasteiger partial charge in [0.2, 0.25) is 5.90 Å². The van der Waals surface area contributed by atoms with E-state index in [1.165, 1.54) is 12.1 Å². The minimum absolute atomic E-state index is 0.0553. The molecule has 4 nitrogen and oxygen atoms in total. The van der Waals surface area contributed by atoms with Crippen LogP contribution in [0.15, 0.2) is 88.2 Å². The van der Waals surface area contributed by atoms with Crippen molar-refractivity contribution >= 4 is 15.9 Å². The quantitative estimate of drug-likeness (QED) is 0.474. The van der Waals surface area contributed by atoms with E-state index in [2.05, 4.69) is 4.40 Å². The lowest BCUT2D eigenvalue weighted by Gasteiger charge is -2.13.